The highest BCUT2D eigenvalue weighted by Crippen LogP contribution is 2.19. The number of nitrogens with zero attached hydrogens (tertiary/aromatic N) is 1. The molecule has 1 heterocycles. The summed E-state index contributed by atoms with van der Waals surface area (Å²) in [5.74, 6) is -0.432. The number of nitrogens with one attached hydrogen (secondary N) is 2. The van der Waals surface area contributed by atoms with Crippen molar-refractivity contribution in [3.63, 3.8) is 0 Å². The van der Waals surface area contributed by atoms with Gasteiger partial charge in [0.05, 0.1) is 5.69 Å². The van der Waals surface area contributed by atoms with E-state index in [-0.39, 0.29) is 6.54 Å². The molecule has 0 fully saturated rings. The van der Waals surface area contributed by atoms with Gasteiger partial charge < -0.3 is 20.3 Å². The minimum absolute atomic E-state index is 0.240. The third-order valence-electron chi connectivity index (χ3n) is 3.00. The van der Waals surface area contributed by atoms with Gasteiger partial charge in [0.1, 0.15) is 11.8 Å². The lowest BCUT2D eigenvalue weighted by molar-refractivity contribution is -0.141. The van der Waals surface area contributed by atoms with Crippen LogP contribution in [-0.2, 0) is 11.3 Å². The molecule has 1 unspecified atom stereocenters. The van der Waals surface area contributed by atoms with Gasteiger partial charge in [-0.1, -0.05) is 25.9 Å². The first-order valence-corrected chi connectivity index (χ1v) is 6.32. The van der Waals surface area contributed by atoms with Crippen LogP contribution in [0.3, 0.4) is 0 Å². The standard InChI is InChI=1S/C13H21N3O4/c1-7-9(8(2)20-16-7)6-14-12(19)15-10(11(17)18)13(3,4)5/h10H,6H2,1-5H3,(H,17,18)(H2,14,15,19). The number of carboxylic acid groups (broad SMARTS) is 1. The second-order valence-electron chi connectivity index (χ2n) is 5.77. The van der Waals surface area contributed by atoms with E-state index in [0.29, 0.717) is 11.5 Å². The largest absolute Gasteiger partial charge is 0.480 e. The highest BCUT2D eigenvalue weighted by atomic mass is 16.5. The molecule has 112 valence electrons. The monoisotopic (exact) mass is 283 g/mol. The molecule has 0 aliphatic carbocycles. The van der Waals surface area contributed by atoms with Crippen molar-refractivity contribution in [3.05, 3.63) is 17.0 Å². The number of rotatable bonds is 4. The maximum Gasteiger partial charge on any atom is 0.326 e. The Bertz CT molecular complexity index is 483. The van der Waals surface area contributed by atoms with Crippen LogP contribution in [0.1, 0.15) is 37.8 Å². The van der Waals surface area contributed by atoms with Crippen molar-refractivity contribution in [1.29, 1.82) is 0 Å². The van der Waals surface area contributed by atoms with Crippen molar-refractivity contribution < 1.29 is 19.2 Å². The highest BCUT2D eigenvalue weighted by molar-refractivity contribution is 5.83. The molecule has 0 aromatic carbocycles. The van der Waals surface area contributed by atoms with Gasteiger partial charge in [0.2, 0.25) is 0 Å². The van der Waals surface area contributed by atoms with Gasteiger partial charge in [-0.15, -0.1) is 0 Å². The predicted molar refractivity (Wildman–Crippen MR) is 72.2 cm³/mol. The Morgan fingerprint density at radius 2 is 1.95 bits per heavy atom. The minimum Gasteiger partial charge on any atom is -0.480 e. The summed E-state index contributed by atoms with van der Waals surface area (Å²) in [5, 5.41) is 18.0. The third kappa shape index (κ3) is 3.97. The van der Waals surface area contributed by atoms with Gasteiger partial charge in [-0.25, -0.2) is 9.59 Å². The second kappa shape index (κ2) is 5.94. The summed E-state index contributed by atoms with van der Waals surface area (Å²) in [5.41, 5.74) is 0.919. The van der Waals surface area contributed by atoms with Crippen molar-refractivity contribution in [2.24, 2.45) is 5.41 Å². The summed E-state index contributed by atoms with van der Waals surface area (Å²) in [7, 11) is 0. The Hall–Kier alpha value is -2.05. The van der Waals surface area contributed by atoms with Gasteiger partial charge in [-0.05, 0) is 19.3 Å². The molecule has 1 rings (SSSR count). The fourth-order valence-corrected chi connectivity index (χ4v) is 1.75. The number of carboxylic acids is 1. The van der Waals surface area contributed by atoms with E-state index in [4.69, 9.17) is 9.63 Å². The minimum atomic E-state index is -1.06. The molecule has 0 saturated heterocycles. The molecule has 2 amide bonds. The van der Waals surface area contributed by atoms with E-state index in [9.17, 15) is 9.59 Å². The SMILES string of the molecule is Cc1noc(C)c1CNC(=O)NC(C(=O)O)C(C)(C)C. The zero-order valence-electron chi connectivity index (χ0n) is 12.4. The molecule has 20 heavy (non-hydrogen) atoms. The summed E-state index contributed by atoms with van der Waals surface area (Å²) in [6.07, 6.45) is 0. The van der Waals surface area contributed by atoms with Gasteiger partial charge in [-0.3, -0.25) is 0 Å². The summed E-state index contributed by atoms with van der Waals surface area (Å²) >= 11 is 0. The van der Waals surface area contributed by atoms with E-state index in [1.54, 1.807) is 34.6 Å². The number of amides is 2. The van der Waals surface area contributed by atoms with E-state index in [1.807, 2.05) is 0 Å². The van der Waals surface area contributed by atoms with Crippen LogP contribution in [0.15, 0.2) is 4.52 Å². The molecule has 7 heteroatoms. The van der Waals surface area contributed by atoms with Gasteiger partial charge in [-0.2, -0.15) is 0 Å². The molecule has 1 aromatic heterocycles. The quantitative estimate of drug-likeness (QED) is 0.778. The topological polar surface area (TPSA) is 104 Å². The van der Waals surface area contributed by atoms with Crippen molar-refractivity contribution in [2.75, 3.05) is 0 Å². The second-order valence-corrected chi connectivity index (χ2v) is 5.77. The number of carbonyl (C=O) groups is 2. The summed E-state index contributed by atoms with van der Waals surface area (Å²) in [4.78, 5) is 22.9. The van der Waals surface area contributed by atoms with Crippen LogP contribution in [0.25, 0.3) is 0 Å². The first kappa shape index (κ1) is 16.0. The molecular weight excluding hydrogens is 262 g/mol. The number of aryl methyl sites for hydroxylation is 2. The molecule has 0 aliphatic rings. The Balaban J connectivity index is 2.62. The zero-order valence-corrected chi connectivity index (χ0v) is 12.4. The van der Waals surface area contributed by atoms with Crippen LogP contribution in [0, 0.1) is 19.3 Å². The number of urea groups is 1. The molecule has 0 spiro atoms. The molecule has 0 saturated carbocycles. The van der Waals surface area contributed by atoms with Crippen LogP contribution in [0.2, 0.25) is 0 Å². The number of carbonyl (C=O) groups excluding carboxylic acids is 1. The van der Waals surface area contributed by atoms with Crippen LogP contribution < -0.4 is 10.6 Å². The first-order chi connectivity index (χ1) is 9.12. The van der Waals surface area contributed by atoms with Crippen molar-refractivity contribution in [3.8, 4) is 0 Å². The summed E-state index contributed by atoms with van der Waals surface area (Å²) in [6, 6.07) is -1.50. The van der Waals surface area contributed by atoms with Crippen molar-refractivity contribution in [1.82, 2.24) is 15.8 Å². The zero-order chi connectivity index (χ0) is 15.5. The first-order valence-electron chi connectivity index (χ1n) is 6.32. The number of hydrogen-bond donors (Lipinski definition) is 3. The molecule has 1 aromatic rings. The smallest absolute Gasteiger partial charge is 0.326 e. The summed E-state index contributed by atoms with van der Waals surface area (Å²) in [6.45, 7) is 9.02. The maximum absolute atomic E-state index is 11.8. The highest BCUT2D eigenvalue weighted by Gasteiger charge is 2.32. The average Bonchev–Trinajstić information content (AvgIpc) is 2.61. The normalized spacial score (nSPS) is 12.8. The molecule has 0 bridgehead atoms. The van der Waals surface area contributed by atoms with Crippen LogP contribution in [0.5, 0.6) is 0 Å². The Labute approximate surface area is 117 Å². The number of hydrogen-bond acceptors (Lipinski definition) is 4. The lowest BCUT2D eigenvalue weighted by Crippen LogP contribution is -2.52. The van der Waals surface area contributed by atoms with E-state index in [1.165, 1.54) is 0 Å². The van der Waals surface area contributed by atoms with Crippen molar-refractivity contribution >= 4 is 12.0 Å². The Morgan fingerprint density at radius 3 is 2.35 bits per heavy atom. The van der Waals surface area contributed by atoms with Gasteiger partial charge in [0.15, 0.2) is 0 Å². The van der Waals surface area contributed by atoms with E-state index < -0.39 is 23.5 Å². The van der Waals surface area contributed by atoms with Crippen LogP contribution in [-0.4, -0.2) is 28.3 Å². The molecule has 3 N–H and O–H groups in total. The van der Waals surface area contributed by atoms with Gasteiger partial charge >= 0.3 is 12.0 Å². The van der Waals surface area contributed by atoms with Gasteiger partial charge in [0.25, 0.3) is 0 Å². The van der Waals surface area contributed by atoms with Gasteiger partial charge in [0, 0.05) is 12.1 Å². The molecule has 7 nitrogen and oxygen atoms in total. The molecule has 0 aliphatic heterocycles. The molecular formula is C13H21N3O4. The number of aliphatic carboxylic acids is 1. The Morgan fingerprint density at radius 1 is 1.35 bits per heavy atom. The third-order valence-corrected chi connectivity index (χ3v) is 3.00. The van der Waals surface area contributed by atoms with E-state index in [2.05, 4.69) is 15.8 Å². The van der Waals surface area contributed by atoms with Crippen LogP contribution in [0.4, 0.5) is 4.79 Å². The average molecular weight is 283 g/mol. The predicted octanol–water partition coefficient (Wildman–Crippen LogP) is 1.59. The Kier molecular flexibility index (Phi) is 4.75. The lowest BCUT2D eigenvalue weighted by atomic mass is 9.87. The lowest BCUT2D eigenvalue weighted by Gasteiger charge is -2.27. The molecule has 1 atom stereocenters. The van der Waals surface area contributed by atoms with Crippen LogP contribution >= 0.6 is 0 Å². The summed E-state index contributed by atoms with van der Waals surface area (Å²) < 4.78 is 4.99. The fourth-order valence-electron chi connectivity index (χ4n) is 1.75. The maximum atomic E-state index is 11.8. The number of aromatic nitrogens is 1. The van der Waals surface area contributed by atoms with E-state index in [0.717, 1.165) is 5.56 Å². The fraction of sp³-hybridized carbons (Fsp3) is 0.615. The molecule has 0 radical (unpaired) electrons. The van der Waals surface area contributed by atoms with E-state index >= 15 is 0 Å². The van der Waals surface area contributed by atoms with Crippen molar-refractivity contribution in [2.45, 2.75) is 47.2 Å².